The number of nitrogen functional groups attached to an aromatic ring is 1. The van der Waals surface area contributed by atoms with Gasteiger partial charge in [-0.1, -0.05) is 13.0 Å². The highest BCUT2D eigenvalue weighted by molar-refractivity contribution is 7.18. The van der Waals surface area contributed by atoms with Crippen LogP contribution < -0.4 is 5.73 Å². The summed E-state index contributed by atoms with van der Waals surface area (Å²) in [7, 11) is 0. The Hall–Kier alpha value is -1.31. The molecule has 0 aliphatic rings. The summed E-state index contributed by atoms with van der Waals surface area (Å²) in [5, 5.41) is 11.7. The number of hydrogen-bond acceptors (Lipinski definition) is 4. The molecule has 2 nitrogen and oxygen atoms in total. The van der Waals surface area contributed by atoms with Crippen LogP contribution in [0.2, 0.25) is 0 Å². The summed E-state index contributed by atoms with van der Waals surface area (Å²) in [5.41, 5.74) is 7.51. The van der Waals surface area contributed by atoms with E-state index in [1.165, 1.54) is 16.2 Å². The molecule has 0 bridgehead atoms. The van der Waals surface area contributed by atoms with Gasteiger partial charge < -0.3 is 5.73 Å². The number of hydrogen-bond donors (Lipinski definition) is 1. The average molecular weight is 234 g/mol. The second-order valence-electron chi connectivity index (χ2n) is 3.08. The molecule has 76 valence electrons. The Balaban J connectivity index is 2.68. The normalized spacial score (nSPS) is 10.1. The lowest BCUT2D eigenvalue weighted by Gasteiger charge is -1.98. The van der Waals surface area contributed by atoms with Crippen molar-refractivity contribution in [2.75, 3.05) is 5.73 Å². The molecule has 2 rings (SSSR count). The van der Waals surface area contributed by atoms with Gasteiger partial charge in [-0.15, -0.1) is 22.7 Å². The Bertz CT molecular complexity index is 503. The predicted octanol–water partition coefficient (Wildman–Crippen LogP) is 3.49. The van der Waals surface area contributed by atoms with Gasteiger partial charge in [0.25, 0.3) is 0 Å². The van der Waals surface area contributed by atoms with Crippen LogP contribution in [0.3, 0.4) is 0 Å². The highest BCUT2D eigenvalue weighted by atomic mass is 32.1. The van der Waals surface area contributed by atoms with Gasteiger partial charge >= 0.3 is 0 Å². The number of rotatable bonds is 2. The first kappa shape index (κ1) is 10.2. The molecule has 0 radical (unpaired) electrons. The van der Waals surface area contributed by atoms with Crippen molar-refractivity contribution in [2.45, 2.75) is 13.3 Å². The second-order valence-corrected chi connectivity index (χ2v) is 5.17. The first-order valence-corrected chi connectivity index (χ1v) is 6.32. The third kappa shape index (κ3) is 1.65. The lowest BCUT2D eigenvalue weighted by atomic mass is 10.1. The number of anilines is 1. The molecular weight excluding hydrogens is 224 g/mol. The Morgan fingerprint density at radius 2 is 2.33 bits per heavy atom. The van der Waals surface area contributed by atoms with Gasteiger partial charge in [-0.3, -0.25) is 0 Å². The van der Waals surface area contributed by atoms with Gasteiger partial charge in [-0.05, 0) is 17.9 Å². The second kappa shape index (κ2) is 4.05. The number of thiophene rings is 2. The molecule has 0 unspecified atom stereocenters. The van der Waals surface area contributed by atoms with Gasteiger partial charge in [0, 0.05) is 15.3 Å². The SMILES string of the molecule is CCc1sc(N)c(C#N)c1-c1cccs1. The van der Waals surface area contributed by atoms with E-state index in [-0.39, 0.29) is 0 Å². The molecule has 0 aliphatic heterocycles. The van der Waals surface area contributed by atoms with E-state index in [0.717, 1.165) is 16.9 Å². The lowest BCUT2D eigenvalue weighted by Crippen LogP contribution is -1.85. The summed E-state index contributed by atoms with van der Waals surface area (Å²) < 4.78 is 0. The standard InChI is InChI=1S/C11H10N2S2/c1-2-8-10(9-4-3-5-14-9)7(6-12)11(13)15-8/h3-5H,2,13H2,1H3. The molecule has 0 saturated carbocycles. The molecule has 0 saturated heterocycles. The maximum atomic E-state index is 9.09. The molecule has 4 heteroatoms. The van der Waals surface area contributed by atoms with Crippen molar-refractivity contribution in [3.63, 3.8) is 0 Å². The van der Waals surface area contributed by atoms with Crippen LogP contribution in [-0.2, 0) is 6.42 Å². The number of nitriles is 1. The van der Waals surface area contributed by atoms with Crippen molar-refractivity contribution in [3.05, 3.63) is 28.0 Å². The van der Waals surface area contributed by atoms with Gasteiger partial charge in [0.15, 0.2) is 0 Å². The highest BCUT2D eigenvalue weighted by Gasteiger charge is 2.17. The zero-order valence-corrected chi connectivity index (χ0v) is 9.91. The molecule has 2 heterocycles. The largest absolute Gasteiger partial charge is 0.389 e. The lowest BCUT2D eigenvalue weighted by molar-refractivity contribution is 1.19. The molecule has 2 aromatic heterocycles. The minimum absolute atomic E-state index is 0.637. The average Bonchev–Trinajstić information content (AvgIpc) is 2.83. The smallest absolute Gasteiger partial charge is 0.105 e. The van der Waals surface area contributed by atoms with E-state index in [2.05, 4.69) is 13.0 Å². The molecule has 2 aromatic rings. The predicted molar refractivity (Wildman–Crippen MR) is 66.1 cm³/mol. The minimum atomic E-state index is 0.637. The van der Waals surface area contributed by atoms with Gasteiger partial charge in [0.1, 0.15) is 11.1 Å². The first-order chi connectivity index (χ1) is 7.27. The van der Waals surface area contributed by atoms with Gasteiger partial charge in [-0.25, -0.2) is 0 Å². The first-order valence-electron chi connectivity index (χ1n) is 4.63. The van der Waals surface area contributed by atoms with Crippen LogP contribution >= 0.6 is 22.7 Å². The molecule has 0 atom stereocenters. The number of nitrogens with zero attached hydrogens (tertiary/aromatic N) is 1. The Kier molecular flexibility index (Phi) is 2.76. The molecular formula is C11H10N2S2. The third-order valence-electron chi connectivity index (χ3n) is 2.21. The van der Waals surface area contributed by atoms with E-state index >= 15 is 0 Å². The molecule has 0 spiro atoms. The zero-order chi connectivity index (χ0) is 10.8. The summed E-state index contributed by atoms with van der Waals surface area (Å²) in [5.74, 6) is 0. The molecule has 0 fully saturated rings. The maximum absolute atomic E-state index is 9.09. The van der Waals surface area contributed by atoms with Crippen molar-refractivity contribution in [3.8, 4) is 16.5 Å². The highest BCUT2D eigenvalue weighted by Crippen LogP contribution is 2.40. The molecule has 0 aliphatic carbocycles. The summed E-state index contributed by atoms with van der Waals surface area (Å²) in [6, 6.07) is 6.23. The third-order valence-corrected chi connectivity index (χ3v) is 4.26. The van der Waals surface area contributed by atoms with Crippen molar-refractivity contribution >= 4 is 27.7 Å². The number of aryl methyl sites for hydroxylation is 1. The summed E-state index contributed by atoms with van der Waals surface area (Å²) in [4.78, 5) is 2.34. The fourth-order valence-corrected chi connectivity index (χ4v) is 3.38. The Labute approximate surface area is 96.6 Å². The number of nitrogens with two attached hydrogens (primary N) is 1. The minimum Gasteiger partial charge on any atom is -0.389 e. The van der Waals surface area contributed by atoms with Gasteiger partial charge in [-0.2, -0.15) is 5.26 Å². The van der Waals surface area contributed by atoms with E-state index < -0.39 is 0 Å². The van der Waals surface area contributed by atoms with Crippen LogP contribution in [-0.4, -0.2) is 0 Å². The maximum Gasteiger partial charge on any atom is 0.105 e. The monoisotopic (exact) mass is 234 g/mol. The van der Waals surface area contributed by atoms with Crippen LogP contribution in [0.15, 0.2) is 17.5 Å². The van der Waals surface area contributed by atoms with Gasteiger partial charge in [0.2, 0.25) is 0 Å². The molecule has 2 N–H and O–H groups in total. The van der Waals surface area contributed by atoms with Crippen molar-refractivity contribution < 1.29 is 0 Å². The van der Waals surface area contributed by atoms with Crippen molar-refractivity contribution in [1.82, 2.24) is 0 Å². The van der Waals surface area contributed by atoms with Crippen LogP contribution in [0.5, 0.6) is 0 Å². The molecule has 0 aromatic carbocycles. The summed E-state index contributed by atoms with van der Waals surface area (Å²) in [6.45, 7) is 2.09. The zero-order valence-electron chi connectivity index (χ0n) is 8.28. The fraction of sp³-hybridized carbons (Fsp3) is 0.182. The Morgan fingerprint density at radius 1 is 1.53 bits per heavy atom. The van der Waals surface area contributed by atoms with Crippen LogP contribution in [0.4, 0.5) is 5.00 Å². The summed E-state index contributed by atoms with van der Waals surface area (Å²) >= 11 is 3.17. The molecule has 15 heavy (non-hydrogen) atoms. The van der Waals surface area contributed by atoms with E-state index in [4.69, 9.17) is 11.0 Å². The topological polar surface area (TPSA) is 49.8 Å². The van der Waals surface area contributed by atoms with E-state index in [1.807, 2.05) is 17.5 Å². The van der Waals surface area contributed by atoms with E-state index in [1.54, 1.807) is 11.3 Å². The van der Waals surface area contributed by atoms with Gasteiger partial charge in [0.05, 0.1) is 5.56 Å². The Morgan fingerprint density at radius 3 is 2.87 bits per heavy atom. The molecule has 0 amide bonds. The van der Waals surface area contributed by atoms with E-state index in [0.29, 0.717) is 10.6 Å². The summed E-state index contributed by atoms with van der Waals surface area (Å²) in [6.07, 6.45) is 0.920. The fourth-order valence-electron chi connectivity index (χ4n) is 1.54. The van der Waals surface area contributed by atoms with E-state index in [9.17, 15) is 0 Å². The van der Waals surface area contributed by atoms with Crippen LogP contribution in [0, 0.1) is 11.3 Å². The van der Waals surface area contributed by atoms with Crippen LogP contribution in [0.25, 0.3) is 10.4 Å². The van der Waals surface area contributed by atoms with Crippen molar-refractivity contribution in [2.24, 2.45) is 0 Å². The van der Waals surface area contributed by atoms with Crippen LogP contribution in [0.1, 0.15) is 17.4 Å². The van der Waals surface area contributed by atoms with Crippen molar-refractivity contribution in [1.29, 1.82) is 5.26 Å². The quantitative estimate of drug-likeness (QED) is 0.864.